The first-order valence-electron chi connectivity index (χ1n) is 8.40. The molecule has 0 aliphatic heterocycles. The molecule has 0 aromatic heterocycles. The summed E-state index contributed by atoms with van der Waals surface area (Å²) in [6.07, 6.45) is 8.61. The van der Waals surface area contributed by atoms with Gasteiger partial charge >= 0.3 is 7.82 Å². The van der Waals surface area contributed by atoms with Crippen LogP contribution in [0.5, 0.6) is 0 Å². The second-order valence-corrected chi connectivity index (χ2v) is 8.60. The maximum atomic E-state index is 11.5. The minimum Gasteiger partial charge on any atom is -0.303 e. The third-order valence-electron chi connectivity index (χ3n) is 5.01. The van der Waals surface area contributed by atoms with Crippen LogP contribution in [0.3, 0.4) is 0 Å². The highest BCUT2D eigenvalue weighted by Crippen LogP contribution is 2.53. The van der Waals surface area contributed by atoms with Gasteiger partial charge in [-0.1, -0.05) is 47.0 Å². The molecule has 1 atom stereocenters. The van der Waals surface area contributed by atoms with Crippen LogP contribution in [0.2, 0.25) is 0 Å². The van der Waals surface area contributed by atoms with E-state index in [1.807, 2.05) is 0 Å². The molecule has 0 saturated heterocycles. The summed E-state index contributed by atoms with van der Waals surface area (Å²) in [4.78, 5) is 18.8. The van der Waals surface area contributed by atoms with Gasteiger partial charge in [0.2, 0.25) is 0 Å². The maximum Gasteiger partial charge on any atom is 0.470 e. The third-order valence-corrected chi connectivity index (χ3v) is 5.61. The molecular weight excluding hydrogens is 287 g/mol. The number of hydrogen-bond donors (Lipinski definition) is 2. The molecule has 1 unspecified atom stereocenters. The lowest BCUT2D eigenvalue weighted by Gasteiger charge is -2.45. The zero-order valence-corrected chi connectivity index (χ0v) is 15.0. The van der Waals surface area contributed by atoms with Crippen molar-refractivity contribution in [2.75, 3.05) is 0 Å². The molecule has 0 aromatic carbocycles. The van der Waals surface area contributed by atoms with Gasteiger partial charge in [0.25, 0.3) is 0 Å². The molecule has 2 N–H and O–H groups in total. The van der Waals surface area contributed by atoms with Crippen LogP contribution in [0.15, 0.2) is 0 Å². The largest absolute Gasteiger partial charge is 0.470 e. The molecule has 1 aliphatic rings. The molecule has 4 nitrogen and oxygen atoms in total. The first-order chi connectivity index (χ1) is 9.64. The summed E-state index contributed by atoms with van der Waals surface area (Å²) in [5.41, 5.74) is -0.290. The number of phosphoric acid groups is 1. The van der Waals surface area contributed by atoms with Crippen molar-refractivity contribution >= 4 is 7.82 Å². The van der Waals surface area contributed by atoms with E-state index in [0.29, 0.717) is 5.41 Å². The highest BCUT2D eigenvalue weighted by atomic mass is 31.2. The van der Waals surface area contributed by atoms with Crippen molar-refractivity contribution in [2.45, 2.75) is 91.1 Å². The first-order valence-corrected chi connectivity index (χ1v) is 9.93. The zero-order valence-electron chi connectivity index (χ0n) is 14.1. The second kappa shape index (κ2) is 7.59. The Balaban J connectivity index is 2.94. The summed E-state index contributed by atoms with van der Waals surface area (Å²) in [6.45, 7) is 8.73. The van der Waals surface area contributed by atoms with Gasteiger partial charge in [0.15, 0.2) is 0 Å². The minimum absolute atomic E-state index is 0.268. The average Bonchev–Trinajstić information content (AvgIpc) is 2.34. The fourth-order valence-corrected chi connectivity index (χ4v) is 4.57. The van der Waals surface area contributed by atoms with Crippen LogP contribution in [0.25, 0.3) is 0 Å². The van der Waals surface area contributed by atoms with E-state index < -0.39 is 13.4 Å². The average molecular weight is 320 g/mol. The maximum absolute atomic E-state index is 11.5. The Bertz CT molecular complexity index is 353. The summed E-state index contributed by atoms with van der Waals surface area (Å²) < 4.78 is 17.0. The molecule has 0 bridgehead atoms. The van der Waals surface area contributed by atoms with Crippen LogP contribution in [0.4, 0.5) is 0 Å². The van der Waals surface area contributed by atoms with Crippen LogP contribution < -0.4 is 0 Å². The number of phosphoric ester groups is 1. The van der Waals surface area contributed by atoms with E-state index in [-0.39, 0.29) is 5.92 Å². The standard InChI is InChI=1S/C16H33O4P/c1-5-7-11-16(10-6-2,20-21(17,18)19)14-8-12-15(3,4)13-9-14/h14H,5-13H2,1-4H3,(H2,17,18,19). The second-order valence-electron chi connectivity index (χ2n) is 7.44. The number of rotatable bonds is 8. The van der Waals surface area contributed by atoms with Crippen LogP contribution in [-0.4, -0.2) is 15.4 Å². The molecule has 1 fully saturated rings. The van der Waals surface area contributed by atoms with E-state index >= 15 is 0 Å². The van der Waals surface area contributed by atoms with E-state index in [1.54, 1.807) is 0 Å². The fourth-order valence-electron chi connectivity index (χ4n) is 3.76. The molecular formula is C16H33O4P. The normalized spacial score (nSPS) is 23.0. The lowest BCUT2D eigenvalue weighted by atomic mass is 9.66. The smallest absolute Gasteiger partial charge is 0.303 e. The topological polar surface area (TPSA) is 66.8 Å². The molecule has 1 rings (SSSR count). The van der Waals surface area contributed by atoms with Crippen LogP contribution in [0.1, 0.15) is 85.5 Å². The Morgan fingerprint density at radius 3 is 2.14 bits per heavy atom. The van der Waals surface area contributed by atoms with Gasteiger partial charge in [-0.2, -0.15) is 0 Å². The van der Waals surface area contributed by atoms with E-state index in [1.165, 1.54) is 0 Å². The lowest BCUT2D eigenvalue weighted by Crippen LogP contribution is -2.43. The van der Waals surface area contributed by atoms with Crippen LogP contribution in [-0.2, 0) is 9.09 Å². The van der Waals surface area contributed by atoms with Gasteiger partial charge in [-0.25, -0.2) is 4.57 Å². The Hall–Kier alpha value is 0.110. The first kappa shape index (κ1) is 19.2. The van der Waals surface area contributed by atoms with Crippen molar-refractivity contribution in [3.05, 3.63) is 0 Å². The van der Waals surface area contributed by atoms with Gasteiger partial charge in [0, 0.05) is 0 Å². The van der Waals surface area contributed by atoms with Gasteiger partial charge in [0.1, 0.15) is 0 Å². The van der Waals surface area contributed by atoms with Crippen LogP contribution in [0, 0.1) is 11.3 Å². The summed E-state index contributed by atoms with van der Waals surface area (Å²) in [5.74, 6) is 0.268. The number of unbranched alkanes of at least 4 members (excludes halogenated alkanes) is 1. The SMILES string of the molecule is CCCCC(CCC)(OP(=O)(O)O)C1CCC(C)(C)CC1. The number of hydrogen-bond acceptors (Lipinski definition) is 2. The third kappa shape index (κ3) is 6.02. The predicted molar refractivity (Wildman–Crippen MR) is 86.0 cm³/mol. The summed E-state index contributed by atoms with van der Waals surface area (Å²) >= 11 is 0. The molecule has 0 heterocycles. The molecule has 21 heavy (non-hydrogen) atoms. The molecule has 5 heteroatoms. The Labute approximate surface area is 129 Å². The fraction of sp³-hybridized carbons (Fsp3) is 1.00. The van der Waals surface area contributed by atoms with Crippen molar-refractivity contribution in [1.29, 1.82) is 0 Å². The zero-order chi connectivity index (χ0) is 16.1. The van der Waals surface area contributed by atoms with E-state index in [9.17, 15) is 14.4 Å². The molecule has 1 saturated carbocycles. The van der Waals surface area contributed by atoms with Gasteiger partial charge in [-0.3, -0.25) is 4.52 Å². The van der Waals surface area contributed by atoms with Crippen molar-refractivity contribution in [2.24, 2.45) is 11.3 Å². The Kier molecular flexibility index (Phi) is 6.92. The van der Waals surface area contributed by atoms with E-state index in [2.05, 4.69) is 27.7 Å². The summed E-state index contributed by atoms with van der Waals surface area (Å²) in [6, 6.07) is 0. The van der Waals surface area contributed by atoms with E-state index in [4.69, 9.17) is 4.52 Å². The van der Waals surface area contributed by atoms with Crippen molar-refractivity contribution in [1.82, 2.24) is 0 Å². The summed E-state index contributed by atoms with van der Waals surface area (Å²) in [7, 11) is -4.46. The van der Waals surface area contributed by atoms with Gasteiger partial charge in [-0.15, -0.1) is 0 Å². The Morgan fingerprint density at radius 2 is 1.71 bits per heavy atom. The quantitative estimate of drug-likeness (QED) is 0.615. The summed E-state index contributed by atoms with van der Waals surface area (Å²) in [5, 5.41) is 0. The molecule has 0 radical (unpaired) electrons. The van der Waals surface area contributed by atoms with E-state index in [0.717, 1.165) is 57.8 Å². The Morgan fingerprint density at radius 1 is 1.14 bits per heavy atom. The minimum atomic E-state index is -4.46. The monoisotopic (exact) mass is 320 g/mol. The van der Waals surface area contributed by atoms with Crippen molar-refractivity contribution in [3.63, 3.8) is 0 Å². The van der Waals surface area contributed by atoms with Crippen molar-refractivity contribution < 1.29 is 18.9 Å². The molecule has 126 valence electrons. The van der Waals surface area contributed by atoms with Gasteiger partial charge in [0.05, 0.1) is 5.60 Å². The lowest BCUT2D eigenvalue weighted by molar-refractivity contribution is -0.0549. The van der Waals surface area contributed by atoms with Gasteiger partial charge in [-0.05, 0) is 49.9 Å². The predicted octanol–water partition coefficient (Wildman–Crippen LogP) is 5.04. The highest BCUT2D eigenvalue weighted by Gasteiger charge is 2.45. The molecule has 0 amide bonds. The molecule has 1 aliphatic carbocycles. The molecule has 0 spiro atoms. The van der Waals surface area contributed by atoms with Crippen LogP contribution >= 0.6 is 7.82 Å². The van der Waals surface area contributed by atoms with Crippen molar-refractivity contribution in [3.8, 4) is 0 Å². The van der Waals surface area contributed by atoms with Gasteiger partial charge < -0.3 is 9.79 Å². The molecule has 0 aromatic rings. The highest BCUT2D eigenvalue weighted by molar-refractivity contribution is 7.46.